The number of hydrogen-bond donors (Lipinski definition) is 0. The van der Waals surface area contributed by atoms with Crippen LogP contribution in [0.5, 0.6) is 0 Å². The average Bonchev–Trinajstić information content (AvgIpc) is 1.88. The van der Waals surface area contributed by atoms with Crippen molar-refractivity contribution in [3.8, 4) is 0 Å². The van der Waals surface area contributed by atoms with Gasteiger partial charge in [0, 0.05) is 11.4 Å². The van der Waals surface area contributed by atoms with Crippen molar-refractivity contribution in [1.82, 2.24) is 0 Å². The molecule has 0 unspecified atom stereocenters. The summed E-state index contributed by atoms with van der Waals surface area (Å²) in [5.41, 5.74) is 2.55. The van der Waals surface area contributed by atoms with E-state index in [2.05, 4.69) is 24.9 Å². The number of rotatable bonds is 1. The van der Waals surface area contributed by atoms with Crippen LogP contribution in [0.1, 0.15) is 33.1 Å². The van der Waals surface area contributed by atoms with Gasteiger partial charge in [0.15, 0.2) is 0 Å². The highest BCUT2D eigenvalue weighted by atomic mass is 14.8. The monoisotopic (exact) mass is 123 g/mol. The van der Waals surface area contributed by atoms with Crippen molar-refractivity contribution in [1.29, 1.82) is 0 Å². The van der Waals surface area contributed by atoms with Crippen molar-refractivity contribution in [2.75, 3.05) is 0 Å². The highest BCUT2D eigenvalue weighted by Crippen LogP contribution is 2.10. The molecular formula is C8H13N. The Hall–Kier alpha value is -0.590. The van der Waals surface area contributed by atoms with Crippen LogP contribution in [0.25, 0.3) is 0 Å². The summed E-state index contributed by atoms with van der Waals surface area (Å²) in [7, 11) is 0. The normalized spacial score (nSPS) is 18.9. The minimum Gasteiger partial charge on any atom is -0.263 e. The molecule has 0 N–H and O–H groups in total. The molecule has 0 saturated heterocycles. The van der Waals surface area contributed by atoms with E-state index in [4.69, 9.17) is 0 Å². The molecule has 0 radical (unpaired) electrons. The first-order valence-corrected chi connectivity index (χ1v) is 3.56. The van der Waals surface area contributed by atoms with Gasteiger partial charge in [0.25, 0.3) is 0 Å². The third-order valence-electron chi connectivity index (χ3n) is 1.62. The first kappa shape index (κ1) is 6.53. The predicted molar refractivity (Wildman–Crippen MR) is 40.7 cm³/mol. The molecule has 1 aliphatic rings. The Bertz CT molecular complexity index is 154. The van der Waals surface area contributed by atoms with Gasteiger partial charge >= 0.3 is 0 Å². The van der Waals surface area contributed by atoms with E-state index in [-0.39, 0.29) is 0 Å². The fourth-order valence-corrected chi connectivity index (χ4v) is 1.05. The topological polar surface area (TPSA) is 12.4 Å². The molecule has 1 nitrogen and oxygen atoms in total. The average molecular weight is 123 g/mol. The van der Waals surface area contributed by atoms with Crippen LogP contribution in [0, 0.1) is 0 Å². The van der Waals surface area contributed by atoms with E-state index >= 15 is 0 Å². The van der Waals surface area contributed by atoms with Crippen LogP contribution in [-0.4, -0.2) is 5.71 Å². The zero-order chi connectivity index (χ0) is 6.69. The predicted octanol–water partition coefficient (Wildman–Crippen LogP) is 2.54. The highest BCUT2D eigenvalue weighted by Gasteiger charge is 2.00. The van der Waals surface area contributed by atoms with Crippen LogP contribution >= 0.6 is 0 Å². The van der Waals surface area contributed by atoms with Gasteiger partial charge in [0.05, 0.1) is 0 Å². The van der Waals surface area contributed by atoms with Gasteiger partial charge in [0.1, 0.15) is 0 Å². The zero-order valence-corrected chi connectivity index (χ0v) is 6.15. The van der Waals surface area contributed by atoms with Crippen LogP contribution in [0.2, 0.25) is 0 Å². The molecule has 1 aliphatic heterocycles. The number of hydrogen-bond acceptors (Lipinski definition) is 1. The van der Waals surface area contributed by atoms with Crippen molar-refractivity contribution < 1.29 is 0 Å². The second kappa shape index (κ2) is 2.81. The Kier molecular flexibility index (Phi) is 2.04. The van der Waals surface area contributed by atoms with Crippen LogP contribution < -0.4 is 0 Å². The van der Waals surface area contributed by atoms with Crippen LogP contribution in [0.4, 0.5) is 0 Å². The van der Waals surface area contributed by atoms with E-state index in [0.717, 1.165) is 6.42 Å². The maximum atomic E-state index is 4.38. The van der Waals surface area contributed by atoms with Gasteiger partial charge in [0.2, 0.25) is 0 Å². The van der Waals surface area contributed by atoms with Crippen molar-refractivity contribution >= 4 is 5.71 Å². The Balaban J connectivity index is 2.63. The fourth-order valence-electron chi connectivity index (χ4n) is 1.05. The SMILES string of the molecule is CCC1=NC(C)=CCC1. The van der Waals surface area contributed by atoms with Crippen molar-refractivity contribution in [3.63, 3.8) is 0 Å². The third-order valence-corrected chi connectivity index (χ3v) is 1.62. The summed E-state index contributed by atoms with van der Waals surface area (Å²) < 4.78 is 0. The molecule has 1 heterocycles. The molecule has 0 spiro atoms. The van der Waals surface area contributed by atoms with Gasteiger partial charge in [-0.2, -0.15) is 0 Å². The Morgan fingerprint density at radius 1 is 1.67 bits per heavy atom. The lowest BCUT2D eigenvalue weighted by atomic mass is 10.1. The summed E-state index contributed by atoms with van der Waals surface area (Å²) in [6.45, 7) is 4.23. The van der Waals surface area contributed by atoms with Crippen molar-refractivity contribution in [2.45, 2.75) is 33.1 Å². The Labute approximate surface area is 56.5 Å². The minimum absolute atomic E-state index is 1.12. The summed E-state index contributed by atoms with van der Waals surface area (Å²) in [4.78, 5) is 4.38. The molecular weight excluding hydrogens is 110 g/mol. The van der Waals surface area contributed by atoms with Gasteiger partial charge in [-0.05, 0) is 26.2 Å². The zero-order valence-electron chi connectivity index (χ0n) is 6.15. The summed E-state index contributed by atoms with van der Waals surface area (Å²) in [6, 6.07) is 0. The lowest BCUT2D eigenvalue weighted by Gasteiger charge is -2.06. The smallest absolute Gasteiger partial charge is 0.0332 e. The van der Waals surface area contributed by atoms with E-state index in [1.165, 1.54) is 24.3 Å². The molecule has 0 aliphatic carbocycles. The van der Waals surface area contributed by atoms with Crippen molar-refractivity contribution in [3.05, 3.63) is 11.8 Å². The number of nitrogens with zero attached hydrogens (tertiary/aromatic N) is 1. The van der Waals surface area contributed by atoms with Crippen LogP contribution in [-0.2, 0) is 0 Å². The molecule has 0 amide bonds. The molecule has 0 saturated carbocycles. The maximum Gasteiger partial charge on any atom is 0.0332 e. The molecule has 0 aromatic heterocycles. The lowest BCUT2D eigenvalue weighted by molar-refractivity contribution is 0.982. The molecule has 1 heteroatoms. The summed E-state index contributed by atoms with van der Waals surface area (Å²) >= 11 is 0. The standard InChI is InChI=1S/C8H13N/c1-3-8-6-4-5-7(2)9-8/h5H,3-4,6H2,1-2H3. The van der Waals surface area contributed by atoms with Gasteiger partial charge in [-0.15, -0.1) is 0 Å². The first-order valence-electron chi connectivity index (χ1n) is 3.56. The maximum absolute atomic E-state index is 4.38. The van der Waals surface area contributed by atoms with Gasteiger partial charge in [-0.25, -0.2) is 0 Å². The van der Waals surface area contributed by atoms with E-state index < -0.39 is 0 Å². The lowest BCUT2D eigenvalue weighted by Crippen LogP contribution is -1.99. The van der Waals surface area contributed by atoms with Gasteiger partial charge < -0.3 is 0 Å². The molecule has 9 heavy (non-hydrogen) atoms. The Morgan fingerprint density at radius 2 is 2.44 bits per heavy atom. The third kappa shape index (κ3) is 1.67. The minimum atomic E-state index is 1.12. The van der Waals surface area contributed by atoms with E-state index in [1.54, 1.807) is 0 Å². The molecule has 0 aromatic rings. The van der Waals surface area contributed by atoms with Crippen molar-refractivity contribution in [2.24, 2.45) is 4.99 Å². The van der Waals surface area contributed by atoms with E-state index in [1.807, 2.05) is 0 Å². The number of aliphatic imine (C=N–C) groups is 1. The van der Waals surface area contributed by atoms with Gasteiger partial charge in [-0.3, -0.25) is 4.99 Å². The Morgan fingerprint density at radius 3 is 2.89 bits per heavy atom. The largest absolute Gasteiger partial charge is 0.263 e. The summed E-state index contributed by atoms with van der Waals surface area (Å²) in [6.07, 6.45) is 5.68. The van der Waals surface area contributed by atoms with Crippen LogP contribution in [0.3, 0.4) is 0 Å². The summed E-state index contributed by atoms with van der Waals surface area (Å²) in [5.74, 6) is 0. The second-order valence-electron chi connectivity index (χ2n) is 2.42. The summed E-state index contributed by atoms with van der Waals surface area (Å²) in [5, 5.41) is 0. The highest BCUT2D eigenvalue weighted by molar-refractivity contribution is 5.85. The fraction of sp³-hybridized carbons (Fsp3) is 0.625. The molecule has 1 rings (SSSR count). The molecule has 0 bridgehead atoms. The number of allylic oxidation sites excluding steroid dienone is 2. The molecule has 0 aromatic carbocycles. The van der Waals surface area contributed by atoms with Crippen LogP contribution in [0.15, 0.2) is 16.8 Å². The second-order valence-corrected chi connectivity index (χ2v) is 2.42. The van der Waals surface area contributed by atoms with E-state index in [9.17, 15) is 0 Å². The van der Waals surface area contributed by atoms with E-state index in [0.29, 0.717) is 0 Å². The molecule has 0 atom stereocenters. The quantitative estimate of drug-likeness (QED) is 0.508. The molecule has 0 fully saturated rings. The first-order chi connectivity index (χ1) is 4.33. The van der Waals surface area contributed by atoms with Gasteiger partial charge in [-0.1, -0.05) is 13.0 Å². The molecule has 50 valence electrons.